The van der Waals surface area contributed by atoms with Gasteiger partial charge in [-0.25, -0.2) is 0 Å². The van der Waals surface area contributed by atoms with Gasteiger partial charge < -0.3 is 48.9 Å². The summed E-state index contributed by atoms with van der Waals surface area (Å²) in [6.45, 7) is 20.9. The molecule has 0 amide bonds. The number of nitrogen functional groups attached to an aromatic ring is 1. The minimum absolute atomic E-state index is 0.0143. The normalized spacial score (nSPS) is 17.0. The zero-order chi connectivity index (χ0) is 31.5. The minimum Gasteiger partial charge on any atom is -0.398 e. The highest BCUT2D eigenvalue weighted by atomic mass is 16.6. The van der Waals surface area contributed by atoms with Crippen LogP contribution in [-0.4, -0.2) is 116 Å². The zero-order valence-corrected chi connectivity index (χ0v) is 27.7. The molecule has 1 aliphatic heterocycles. The van der Waals surface area contributed by atoms with E-state index in [2.05, 4.69) is 51.7 Å². The quantitative estimate of drug-likeness (QED) is 0.124. The SMILES string of the molecule is CCOCCOCCOCCOCCOCCOC(CCOCCO)CN1c2cc(C(C)C)c(N)cc2CC(C)C1(C)C. The molecule has 250 valence electrons. The Morgan fingerprint density at radius 3 is 1.91 bits per heavy atom. The first-order valence-electron chi connectivity index (χ1n) is 16.1. The number of rotatable bonds is 25. The van der Waals surface area contributed by atoms with Gasteiger partial charge in [-0.2, -0.15) is 0 Å². The van der Waals surface area contributed by atoms with Crippen molar-refractivity contribution in [1.29, 1.82) is 0 Å². The zero-order valence-electron chi connectivity index (χ0n) is 27.7. The fourth-order valence-electron chi connectivity index (χ4n) is 5.18. The van der Waals surface area contributed by atoms with Crippen molar-refractivity contribution in [3.05, 3.63) is 23.3 Å². The van der Waals surface area contributed by atoms with Gasteiger partial charge in [0, 0.05) is 36.7 Å². The number of nitrogens with zero attached hydrogens (tertiary/aromatic N) is 1. The summed E-state index contributed by atoms with van der Waals surface area (Å²) < 4.78 is 39.5. The standard InChI is InChI=1S/C33H60N2O8/c1-7-37-12-13-39-14-15-40-16-17-41-18-19-42-20-21-43-29(8-10-38-11-9-36)25-35-32-24-30(26(2)3)31(34)23-28(32)22-27(4)33(35,5)6/h23-24,26-27,29,36H,7-22,25,34H2,1-6H3. The van der Waals surface area contributed by atoms with Gasteiger partial charge >= 0.3 is 0 Å². The molecule has 10 nitrogen and oxygen atoms in total. The Kier molecular flexibility index (Phi) is 18.6. The van der Waals surface area contributed by atoms with Crippen molar-refractivity contribution in [3.63, 3.8) is 0 Å². The van der Waals surface area contributed by atoms with Gasteiger partial charge in [0.25, 0.3) is 0 Å². The maximum Gasteiger partial charge on any atom is 0.0773 e. The van der Waals surface area contributed by atoms with E-state index < -0.39 is 0 Å². The van der Waals surface area contributed by atoms with Crippen molar-refractivity contribution < 1.29 is 38.3 Å². The van der Waals surface area contributed by atoms with E-state index in [0.717, 1.165) is 25.1 Å². The predicted molar refractivity (Wildman–Crippen MR) is 171 cm³/mol. The first-order valence-corrected chi connectivity index (χ1v) is 16.1. The maximum absolute atomic E-state index is 9.13. The minimum atomic E-state index is -0.0590. The van der Waals surface area contributed by atoms with E-state index in [1.807, 2.05) is 6.92 Å². The molecule has 43 heavy (non-hydrogen) atoms. The summed E-state index contributed by atoms with van der Waals surface area (Å²) in [5.74, 6) is 0.793. The Morgan fingerprint density at radius 1 is 0.837 bits per heavy atom. The smallest absolute Gasteiger partial charge is 0.0773 e. The molecule has 0 bridgehead atoms. The van der Waals surface area contributed by atoms with Crippen molar-refractivity contribution in [3.8, 4) is 0 Å². The van der Waals surface area contributed by atoms with Gasteiger partial charge in [-0.3, -0.25) is 0 Å². The van der Waals surface area contributed by atoms with Gasteiger partial charge in [0.1, 0.15) is 0 Å². The Labute approximate surface area is 260 Å². The Bertz CT molecular complexity index is 870. The van der Waals surface area contributed by atoms with Crippen LogP contribution in [0.25, 0.3) is 0 Å². The number of hydrogen-bond acceptors (Lipinski definition) is 10. The summed E-state index contributed by atoms with van der Waals surface area (Å²) in [4.78, 5) is 2.50. The van der Waals surface area contributed by atoms with E-state index in [1.54, 1.807) is 0 Å². The summed E-state index contributed by atoms with van der Waals surface area (Å²) >= 11 is 0. The van der Waals surface area contributed by atoms with Crippen molar-refractivity contribution in [2.75, 3.05) is 110 Å². The lowest BCUT2D eigenvalue weighted by atomic mass is 9.77. The van der Waals surface area contributed by atoms with Gasteiger partial charge in [-0.15, -0.1) is 0 Å². The first-order chi connectivity index (χ1) is 20.7. The van der Waals surface area contributed by atoms with Crippen molar-refractivity contribution in [1.82, 2.24) is 0 Å². The second-order valence-corrected chi connectivity index (χ2v) is 11.9. The molecule has 1 aliphatic rings. The van der Waals surface area contributed by atoms with Crippen LogP contribution in [0.15, 0.2) is 12.1 Å². The number of anilines is 2. The summed E-state index contributed by atoms with van der Waals surface area (Å²) in [7, 11) is 0. The number of aliphatic hydroxyl groups excluding tert-OH is 1. The highest BCUT2D eigenvalue weighted by molar-refractivity contribution is 5.67. The van der Waals surface area contributed by atoms with Crippen LogP contribution in [0.1, 0.15) is 65.0 Å². The molecule has 1 heterocycles. The van der Waals surface area contributed by atoms with E-state index in [-0.39, 0.29) is 18.2 Å². The Balaban J connectivity index is 1.79. The van der Waals surface area contributed by atoms with E-state index in [4.69, 9.17) is 44.0 Å². The molecule has 2 unspecified atom stereocenters. The number of hydrogen-bond donors (Lipinski definition) is 2. The van der Waals surface area contributed by atoms with Crippen molar-refractivity contribution >= 4 is 11.4 Å². The second-order valence-electron chi connectivity index (χ2n) is 11.9. The summed E-state index contributed by atoms with van der Waals surface area (Å²) in [6, 6.07) is 4.46. The van der Waals surface area contributed by atoms with Gasteiger partial charge in [0.15, 0.2) is 0 Å². The molecule has 10 heteroatoms. The first kappa shape index (κ1) is 37.7. The molecule has 1 aromatic carbocycles. The fourth-order valence-corrected chi connectivity index (χ4v) is 5.18. The number of nitrogens with two attached hydrogens (primary N) is 1. The van der Waals surface area contributed by atoms with Gasteiger partial charge in [0.05, 0.1) is 85.4 Å². The van der Waals surface area contributed by atoms with Crippen LogP contribution in [0.3, 0.4) is 0 Å². The topological polar surface area (TPSA) is 114 Å². The van der Waals surface area contributed by atoms with Crippen LogP contribution < -0.4 is 10.6 Å². The summed E-state index contributed by atoms with van der Waals surface area (Å²) in [5.41, 5.74) is 11.0. The third kappa shape index (κ3) is 13.6. The van der Waals surface area contributed by atoms with Crippen LogP contribution in [0.2, 0.25) is 0 Å². The largest absolute Gasteiger partial charge is 0.398 e. The predicted octanol–water partition coefficient (Wildman–Crippen LogP) is 4.06. The third-order valence-electron chi connectivity index (χ3n) is 8.10. The van der Waals surface area contributed by atoms with Crippen LogP contribution in [-0.2, 0) is 39.6 Å². The number of aliphatic hydroxyl groups is 1. The van der Waals surface area contributed by atoms with E-state index in [9.17, 15) is 0 Å². The van der Waals surface area contributed by atoms with Crippen LogP contribution >= 0.6 is 0 Å². The highest BCUT2D eigenvalue weighted by Gasteiger charge is 2.40. The Hall–Kier alpha value is -1.50. The Morgan fingerprint density at radius 2 is 1.37 bits per heavy atom. The van der Waals surface area contributed by atoms with E-state index >= 15 is 0 Å². The molecule has 3 N–H and O–H groups in total. The fraction of sp³-hybridized carbons (Fsp3) is 0.818. The number of benzene rings is 1. The summed E-state index contributed by atoms with van der Waals surface area (Å²) in [5, 5.41) is 9.13. The van der Waals surface area contributed by atoms with E-state index in [1.165, 1.54) is 16.8 Å². The lowest BCUT2D eigenvalue weighted by Gasteiger charge is -2.50. The average molecular weight is 613 g/mol. The maximum atomic E-state index is 9.13. The van der Waals surface area contributed by atoms with Crippen LogP contribution in [0.5, 0.6) is 0 Å². The molecular formula is C33H60N2O8. The van der Waals surface area contributed by atoms with Crippen molar-refractivity contribution in [2.24, 2.45) is 5.92 Å². The number of ether oxygens (including phenoxy) is 7. The molecule has 0 aliphatic carbocycles. The van der Waals surface area contributed by atoms with E-state index in [0.29, 0.717) is 97.7 Å². The molecular weight excluding hydrogens is 552 g/mol. The molecule has 0 saturated heterocycles. The number of fused-ring (bicyclic) bond motifs is 1. The van der Waals surface area contributed by atoms with Crippen LogP contribution in [0.4, 0.5) is 11.4 Å². The lowest BCUT2D eigenvalue weighted by Crippen LogP contribution is -2.55. The average Bonchev–Trinajstić information content (AvgIpc) is 2.96. The van der Waals surface area contributed by atoms with Crippen LogP contribution in [0, 0.1) is 5.92 Å². The molecule has 0 aromatic heterocycles. The third-order valence-corrected chi connectivity index (χ3v) is 8.10. The van der Waals surface area contributed by atoms with Gasteiger partial charge in [-0.05, 0) is 68.7 Å². The second kappa shape index (κ2) is 21.3. The lowest BCUT2D eigenvalue weighted by molar-refractivity contribution is -0.0310. The molecule has 0 fully saturated rings. The molecule has 0 spiro atoms. The van der Waals surface area contributed by atoms with Gasteiger partial charge in [0.2, 0.25) is 0 Å². The van der Waals surface area contributed by atoms with Gasteiger partial charge in [-0.1, -0.05) is 20.8 Å². The van der Waals surface area contributed by atoms with Crippen molar-refractivity contribution in [2.45, 2.75) is 71.9 Å². The molecule has 0 radical (unpaired) electrons. The molecule has 2 rings (SSSR count). The molecule has 1 aromatic rings. The monoisotopic (exact) mass is 612 g/mol. The highest BCUT2D eigenvalue weighted by Crippen LogP contribution is 2.43. The molecule has 2 atom stereocenters. The molecule has 0 saturated carbocycles. The summed E-state index contributed by atoms with van der Waals surface area (Å²) in [6.07, 6.45) is 1.66.